The first-order valence-corrected chi connectivity index (χ1v) is 6.12. The molecule has 1 saturated carbocycles. The van der Waals surface area contributed by atoms with E-state index in [4.69, 9.17) is 0 Å². The summed E-state index contributed by atoms with van der Waals surface area (Å²) in [5.41, 5.74) is 0. The summed E-state index contributed by atoms with van der Waals surface area (Å²) in [6, 6.07) is 0. The third-order valence-electron chi connectivity index (χ3n) is 4.11. The Kier molecular flexibility index (Phi) is 2.36. The lowest BCUT2D eigenvalue weighted by Crippen LogP contribution is -2.12. The molecule has 0 radical (unpaired) electrons. The molecule has 0 aromatic heterocycles. The highest BCUT2D eigenvalue weighted by Crippen LogP contribution is 2.52. The minimum atomic E-state index is 0.925. The summed E-state index contributed by atoms with van der Waals surface area (Å²) in [7, 11) is 0. The maximum absolute atomic E-state index is 2.44. The fourth-order valence-corrected chi connectivity index (χ4v) is 3.37. The van der Waals surface area contributed by atoms with Crippen LogP contribution in [0.25, 0.3) is 0 Å². The fraction of sp³-hybridized carbons (Fsp3) is 0.467. The average Bonchev–Trinajstić information content (AvgIpc) is 3.06. The van der Waals surface area contributed by atoms with Crippen LogP contribution in [-0.4, -0.2) is 0 Å². The second-order valence-corrected chi connectivity index (χ2v) is 4.95. The van der Waals surface area contributed by atoms with Gasteiger partial charge in [0.25, 0.3) is 0 Å². The van der Waals surface area contributed by atoms with E-state index in [1.165, 1.54) is 12.8 Å². The van der Waals surface area contributed by atoms with Crippen molar-refractivity contribution in [3.63, 3.8) is 0 Å². The number of allylic oxidation sites excluding steroid dienone is 8. The number of rotatable bonds is 0. The van der Waals surface area contributed by atoms with Crippen molar-refractivity contribution in [3.8, 4) is 0 Å². The van der Waals surface area contributed by atoms with Gasteiger partial charge in [0, 0.05) is 0 Å². The first kappa shape index (κ1) is 9.21. The molecule has 4 aliphatic rings. The first-order valence-electron chi connectivity index (χ1n) is 6.12. The molecule has 4 rings (SSSR count). The highest BCUT2D eigenvalue weighted by molar-refractivity contribution is 5.21. The van der Waals surface area contributed by atoms with E-state index in [1.807, 2.05) is 0 Å². The van der Waals surface area contributed by atoms with Crippen LogP contribution in [0.4, 0.5) is 0 Å². The standard InChI is InChI=1S/C10H12.C5H6/c1-2-9-7-4-5-8(6-7)10(9)3-1;1-2-4-5-3-1/h1-2,4-5,7-10H,3,6H2;1-4H,5H2/t7-,8+,9?,10?;/m0./s1. The molecule has 0 saturated heterocycles. The minimum absolute atomic E-state index is 0.925. The lowest BCUT2D eigenvalue weighted by atomic mass is 9.86. The molecule has 4 atom stereocenters. The van der Waals surface area contributed by atoms with E-state index < -0.39 is 0 Å². The average molecular weight is 198 g/mol. The zero-order chi connectivity index (χ0) is 10.1. The van der Waals surface area contributed by atoms with Gasteiger partial charge in [0.2, 0.25) is 0 Å². The van der Waals surface area contributed by atoms with E-state index in [1.54, 1.807) is 0 Å². The fourth-order valence-electron chi connectivity index (χ4n) is 3.37. The predicted octanol–water partition coefficient (Wildman–Crippen LogP) is 3.89. The molecule has 78 valence electrons. The second-order valence-electron chi connectivity index (χ2n) is 4.95. The number of hydrogen-bond acceptors (Lipinski definition) is 0. The molecule has 0 spiro atoms. The lowest BCUT2D eigenvalue weighted by Gasteiger charge is -2.18. The Hall–Kier alpha value is -1.04. The van der Waals surface area contributed by atoms with Gasteiger partial charge in [-0.2, -0.15) is 0 Å². The topological polar surface area (TPSA) is 0 Å². The molecule has 4 aliphatic carbocycles. The van der Waals surface area contributed by atoms with E-state index in [2.05, 4.69) is 48.6 Å². The van der Waals surface area contributed by atoms with Gasteiger partial charge in [-0.15, -0.1) is 0 Å². The molecular weight excluding hydrogens is 180 g/mol. The normalized spacial score (nSPS) is 42.1. The third kappa shape index (κ3) is 1.62. The zero-order valence-electron chi connectivity index (χ0n) is 9.05. The van der Waals surface area contributed by atoms with Gasteiger partial charge < -0.3 is 0 Å². The first-order chi connectivity index (χ1) is 7.45. The summed E-state index contributed by atoms with van der Waals surface area (Å²) in [6.07, 6.45) is 22.0. The largest absolute Gasteiger partial charge is 0.0879 e. The summed E-state index contributed by atoms with van der Waals surface area (Å²) in [4.78, 5) is 0. The van der Waals surface area contributed by atoms with Crippen LogP contribution in [0.2, 0.25) is 0 Å². The van der Waals surface area contributed by atoms with Crippen LogP contribution < -0.4 is 0 Å². The SMILES string of the molecule is C1=CC2C(C1)[C@@H]1C=C[C@H]2C1.C1=CCC=C1. The molecule has 0 nitrogen and oxygen atoms in total. The van der Waals surface area contributed by atoms with Crippen LogP contribution >= 0.6 is 0 Å². The Labute approximate surface area is 92.1 Å². The van der Waals surface area contributed by atoms with Gasteiger partial charge in [-0.05, 0) is 42.9 Å². The van der Waals surface area contributed by atoms with E-state index >= 15 is 0 Å². The Morgan fingerprint density at radius 1 is 0.800 bits per heavy atom. The van der Waals surface area contributed by atoms with Crippen LogP contribution in [-0.2, 0) is 0 Å². The third-order valence-corrected chi connectivity index (χ3v) is 4.11. The lowest BCUT2D eigenvalue weighted by molar-refractivity contribution is 0.398. The molecule has 0 aromatic carbocycles. The zero-order valence-corrected chi connectivity index (χ0v) is 9.05. The number of fused-ring (bicyclic) bond motifs is 5. The van der Waals surface area contributed by atoms with Crippen molar-refractivity contribution < 1.29 is 0 Å². The predicted molar refractivity (Wildman–Crippen MR) is 64.4 cm³/mol. The Morgan fingerprint density at radius 3 is 2.27 bits per heavy atom. The molecule has 1 fully saturated rings. The minimum Gasteiger partial charge on any atom is -0.0879 e. The maximum atomic E-state index is 2.44. The Balaban J connectivity index is 0.000000123. The van der Waals surface area contributed by atoms with Gasteiger partial charge in [0.15, 0.2) is 0 Å². The van der Waals surface area contributed by atoms with Crippen LogP contribution in [0.15, 0.2) is 48.6 Å². The van der Waals surface area contributed by atoms with Crippen LogP contribution in [0.5, 0.6) is 0 Å². The molecule has 15 heavy (non-hydrogen) atoms. The quantitative estimate of drug-likeness (QED) is 0.518. The molecule has 0 N–H and O–H groups in total. The number of hydrogen-bond donors (Lipinski definition) is 0. The molecule has 2 bridgehead atoms. The van der Waals surface area contributed by atoms with Crippen molar-refractivity contribution in [3.05, 3.63) is 48.6 Å². The van der Waals surface area contributed by atoms with Crippen molar-refractivity contribution in [1.29, 1.82) is 0 Å². The van der Waals surface area contributed by atoms with Gasteiger partial charge in [0.05, 0.1) is 0 Å². The van der Waals surface area contributed by atoms with Crippen molar-refractivity contribution in [2.24, 2.45) is 23.7 Å². The smallest absolute Gasteiger partial charge is 0.0133 e. The molecule has 0 aliphatic heterocycles. The van der Waals surface area contributed by atoms with E-state index in [9.17, 15) is 0 Å². The van der Waals surface area contributed by atoms with Gasteiger partial charge in [-0.3, -0.25) is 0 Å². The summed E-state index contributed by atoms with van der Waals surface area (Å²) in [6.45, 7) is 0. The highest BCUT2D eigenvalue weighted by Gasteiger charge is 2.44. The van der Waals surface area contributed by atoms with Gasteiger partial charge >= 0.3 is 0 Å². The summed E-state index contributed by atoms with van der Waals surface area (Å²) < 4.78 is 0. The Bertz CT molecular complexity index is 333. The molecular formula is C15H18. The van der Waals surface area contributed by atoms with Gasteiger partial charge in [0.1, 0.15) is 0 Å². The molecule has 0 aromatic rings. The van der Waals surface area contributed by atoms with Crippen LogP contribution in [0.1, 0.15) is 19.3 Å². The summed E-state index contributed by atoms with van der Waals surface area (Å²) >= 11 is 0. The summed E-state index contributed by atoms with van der Waals surface area (Å²) in [5, 5.41) is 0. The molecule has 0 heterocycles. The van der Waals surface area contributed by atoms with Crippen molar-refractivity contribution in [2.45, 2.75) is 19.3 Å². The van der Waals surface area contributed by atoms with Crippen molar-refractivity contribution in [1.82, 2.24) is 0 Å². The van der Waals surface area contributed by atoms with Crippen LogP contribution in [0, 0.1) is 23.7 Å². The highest BCUT2D eigenvalue weighted by atomic mass is 14.5. The van der Waals surface area contributed by atoms with Crippen molar-refractivity contribution in [2.75, 3.05) is 0 Å². The Morgan fingerprint density at radius 2 is 1.60 bits per heavy atom. The molecule has 0 heteroatoms. The van der Waals surface area contributed by atoms with E-state index in [0.29, 0.717) is 0 Å². The van der Waals surface area contributed by atoms with Crippen molar-refractivity contribution >= 4 is 0 Å². The van der Waals surface area contributed by atoms with Crippen LogP contribution in [0.3, 0.4) is 0 Å². The maximum Gasteiger partial charge on any atom is -0.0133 e. The second kappa shape index (κ2) is 3.84. The molecule has 2 unspecified atom stereocenters. The summed E-state index contributed by atoms with van der Waals surface area (Å²) in [5.74, 6) is 3.82. The van der Waals surface area contributed by atoms with E-state index in [-0.39, 0.29) is 0 Å². The molecule has 0 amide bonds. The van der Waals surface area contributed by atoms with Gasteiger partial charge in [-0.1, -0.05) is 48.6 Å². The van der Waals surface area contributed by atoms with E-state index in [0.717, 1.165) is 30.1 Å². The van der Waals surface area contributed by atoms with Gasteiger partial charge in [-0.25, -0.2) is 0 Å². The monoisotopic (exact) mass is 198 g/mol.